The average Bonchev–Trinajstić information content (AvgIpc) is 2.68. The summed E-state index contributed by atoms with van der Waals surface area (Å²) in [4.78, 5) is 0. The van der Waals surface area contributed by atoms with Gasteiger partial charge in [-0.15, -0.1) is 0 Å². The van der Waals surface area contributed by atoms with Crippen molar-refractivity contribution >= 4 is 22.4 Å². The molecule has 0 fully saturated rings. The lowest BCUT2D eigenvalue weighted by atomic mass is 10.0. The van der Waals surface area contributed by atoms with Crippen molar-refractivity contribution in [3.8, 4) is 5.75 Å². The van der Waals surface area contributed by atoms with E-state index in [4.69, 9.17) is 16.3 Å². The van der Waals surface area contributed by atoms with Crippen LogP contribution in [-0.4, -0.2) is 6.54 Å². The molecular formula is C23H26ClNO. The lowest BCUT2D eigenvalue weighted by Gasteiger charge is -2.15. The van der Waals surface area contributed by atoms with Gasteiger partial charge in [0.15, 0.2) is 0 Å². The number of unbranched alkanes of at least 4 members (excludes halogenated alkanes) is 2. The van der Waals surface area contributed by atoms with Gasteiger partial charge in [0, 0.05) is 22.7 Å². The van der Waals surface area contributed by atoms with E-state index < -0.39 is 0 Å². The molecule has 0 unspecified atom stereocenters. The van der Waals surface area contributed by atoms with Gasteiger partial charge in [-0.05, 0) is 35.9 Å². The number of nitrogens with one attached hydrogen (secondary N) is 1. The van der Waals surface area contributed by atoms with Gasteiger partial charge >= 0.3 is 0 Å². The molecule has 0 saturated carbocycles. The van der Waals surface area contributed by atoms with Crippen molar-refractivity contribution in [2.45, 2.75) is 39.3 Å². The number of hydrogen-bond donors (Lipinski definition) is 1. The van der Waals surface area contributed by atoms with Crippen molar-refractivity contribution in [3.63, 3.8) is 0 Å². The molecule has 136 valence electrons. The monoisotopic (exact) mass is 367 g/mol. The van der Waals surface area contributed by atoms with E-state index in [2.05, 4.69) is 48.6 Å². The lowest BCUT2D eigenvalue weighted by molar-refractivity contribution is 0.303. The van der Waals surface area contributed by atoms with Crippen LogP contribution in [0.2, 0.25) is 5.02 Å². The first-order chi connectivity index (χ1) is 12.8. The summed E-state index contributed by atoms with van der Waals surface area (Å²) in [7, 11) is 0. The highest BCUT2D eigenvalue weighted by Gasteiger charge is 2.10. The normalized spacial score (nSPS) is 11.0. The Morgan fingerprint density at radius 1 is 0.923 bits per heavy atom. The highest BCUT2D eigenvalue weighted by atomic mass is 35.5. The third kappa shape index (κ3) is 4.78. The summed E-state index contributed by atoms with van der Waals surface area (Å²) in [5.74, 6) is 0.923. The van der Waals surface area contributed by atoms with Crippen LogP contribution in [0.4, 0.5) is 0 Å². The Bertz CT molecular complexity index is 846. The molecule has 3 heteroatoms. The SMILES string of the molecule is CCCCCNCc1c(OCc2ccccc2Cl)ccc2ccccc12. The maximum Gasteiger partial charge on any atom is 0.124 e. The van der Waals surface area contributed by atoms with E-state index in [1.165, 1.54) is 35.6 Å². The molecule has 0 heterocycles. The largest absolute Gasteiger partial charge is 0.488 e. The first kappa shape index (κ1) is 18.8. The smallest absolute Gasteiger partial charge is 0.124 e. The van der Waals surface area contributed by atoms with Crippen molar-refractivity contribution in [1.82, 2.24) is 5.32 Å². The van der Waals surface area contributed by atoms with Crippen LogP contribution in [0.15, 0.2) is 60.7 Å². The number of benzene rings is 3. The Morgan fingerprint density at radius 3 is 2.58 bits per heavy atom. The van der Waals surface area contributed by atoms with E-state index in [1.807, 2.05) is 24.3 Å². The van der Waals surface area contributed by atoms with Crippen molar-refractivity contribution < 1.29 is 4.74 Å². The Labute approximate surface area is 161 Å². The van der Waals surface area contributed by atoms with E-state index in [0.717, 1.165) is 29.4 Å². The second-order valence-corrected chi connectivity index (χ2v) is 6.93. The minimum Gasteiger partial charge on any atom is -0.488 e. The van der Waals surface area contributed by atoms with Gasteiger partial charge in [-0.2, -0.15) is 0 Å². The number of rotatable bonds is 9. The quantitative estimate of drug-likeness (QED) is 0.445. The molecule has 0 amide bonds. The molecule has 2 nitrogen and oxygen atoms in total. The molecule has 0 atom stereocenters. The van der Waals surface area contributed by atoms with Crippen LogP contribution in [0.3, 0.4) is 0 Å². The molecule has 0 spiro atoms. The van der Waals surface area contributed by atoms with Crippen LogP contribution < -0.4 is 10.1 Å². The average molecular weight is 368 g/mol. The molecule has 0 radical (unpaired) electrons. The van der Waals surface area contributed by atoms with E-state index >= 15 is 0 Å². The van der Waals surface area contributed by atoms with Gasteiger partial charge in [-0.3, -0.25) is 0 Å². The standard InChI is InChI=1S/C23H26ClNO/c1-2-3-8-15-25-16-21-20-11-6-4-9-18(20)13-14-23(21)26-17-19-10-5-7-12-22(19)24/h4-7,9-14,25H,2-3,8,15-17H2,1H3. The number of hydrogen-bond acceptors (Lipinski definition) is 2. The third-order valence-corrected chi connectivity index (χ3v) is 4.97. The fourth-order valence-corrected chi connectivity index (χ4v) is 3.31. The van der Waals surface area contributed by atoms with E-state index in [9.17, 15) is 0 Å². The summed E-state index contributed by atoms with van der Waals surface area (Å²) in [5, 5.41) is 6.80. The maximum absolute atomic E-state index is 6.27. The minimum absolute atomic E-state index is 0.473. The number of fused-ring (bicyclic) bond motifs is 1. The van der Waals surface area contributed by atoms with Gasteiger partial charge < -0.3 is 10.1 Å². The van der Waals surface area contributed by atoms with Crippen LogP contribution in [0.25, 0.3) is 10.8 Å². The molecule has 0 aliphatic rings. The van der Waals surface area contributed by atoms with Crippen molar-refractivity contribution in [3.05, 3.63) is 76.8 Å². The summed E-state index contributed by atoms with van der Waals surface area (Å²) in [5.41, 5.74) is 2.22. The Morgan fingerprint density at radius 2 is 1.73 bits per heavy atom. The topological polar surface area (TPSA) is 21.3 Å². The van der Waals surface area contributed by atoms with E-state index in [1.54, 1.807) is 0 Å². The summed E-state index contributed by atoms with van der Waals surface area (Å²) < 4.78 is 6.17. The Hall–Kier alpha value is -2.03. The van der Waals surface area contributed by atoms with Crippen molar-refractivity contribution in [2.24, 2.45) is 0 Å². The second-order valence-electron chi connectivity index (χ2n) is 6.53. The molecule has 3 rings (SSSR count). The molecule has 1 N–H and O–H groups in total. The summed E-state index contributed by atoms with van der Waals surface area (Å²) >= 11 is 6.27. The maximum atomic E-state index is 6.27. The lowest BCUT2D eigenvalue weighted by Crippen LogP contribution is -2.15. The molecule has 0 saturated heterocycles. The van der Waals surface area contributed by atoms with E-state index in [0.29, 0.717) is 6.61 Å². The van der Waals surface area contributed by atoms with Crippen LogP contribution in [0, 0.1) is 0 Å². The minimum atomic E-state index is 0.473. The van der Waals surface area contributed by atoms with Gasteiger partial charge in [-0.1, -0.05) is 79.9 Å². The third-order valence-electron chi connectivity index (χ3n) is 4.60. The predicted molar refractivity (Wildman–Crippen MR) is 111 cm³/mol. The fourth-order valence-electron chi connectivity index (χ4n) is 3.12. The summed E-state index contributed by atoms with van der Waals surface area (Å²) in [6.07, 6.45) is 3.71. The van der Waals surface area contributed by atoms with E-state index in [-0.39, 0.29) is 0 Å². The first-order valence-electron chi connectivity index (χ1n) is 9.37. The summed E-state index contributed by atoms with van der Waals surface area (Å²) in [6.45, 7) is 4.54. The van der Waals surface area contributed by atoms with Crippen LogP contribution in [0.5, 0.6) is 5.75 Å². The summed E-state index contributed by atoms with van der Waals surface area (Å²) in [6, 6.07) is 20.5. The molecule has 3 aromatic rings. The molecule has 26 heavy (non-hydrogen) atoms. The zero-order valence-electron chi connectivity index (χ0n) is 15.3. The highest BCUT2D eigenvalue weighted by Crippen LogP contribution is 2.29. The van der Waals surface area contributed by atoms with Gasteiger partial charge in [0.05, 0.1) is 0 Å². The molecular weight excluding hydrogens is 342 g/mol. The van der Waals surface area contributed by atoms with Gasteiger partial charge in [0.2, 0.25) is 0 Å². The molecule has 3 aromatic carbocycles. The molecule has 0 aliphatic carbocycles. The first-order valence-corrected chi connectivity index (χ1v) is 9.75. The van der Waals surface area contributed by atoms with Gasteiger partial charge in [-0.25, -0.2) is 0 Å². The number of ether oxygens (including phenoxy) is 1. The van der Waals surface area contributed by atoms with Crippen LogP contribution in [-0.2, 0) is 13.2 Å². The second kappa shape index (κ2) is 9.61. The van der Waals surface area contributed by atoms with Gasteiger partial charge in [0.25, 0.3) is 0 Å². The zero-order chi connectivity index (χ0) is 18.2. The van der Waals surface area contributed by atoms with Gasteiger partial charge in [0.1, 0.15) is 12.4 Å². The van der Waals surface area contributed by atoms with Crippen molar-refractivity contribution in [1.29, 1.82) is 0 Å². The highest BCUT2D eigenvalue weighted by molar-refractivity contribution is 6.31. The predicted octanol–water partition coefficient (Wildman–Crippen LogP) is 6.35. The fraction of sp³-hybridized carbons (Fsp3) is 0.304. The van der Waals surface area contributed by atoms with Crippen LogP contribution >= 0.6 is 11.6 Å². The Balaban J connectivity index is 1.79. The molecule has 0 aliphatic heterocycles. The molecule has 0 aromatic heterocycles. The Kier molecular flexibility index (Phi) is 6.93. The zero-order valence-corrected chi connectivity index (χ0v) is 16.1. The van der Waals surface area contributed by atoms with Crippen molar-refractivity contribution in [2.75, 3.05) is 6.54 Å². The van der Waals surface area contributed by atoms with Crippen LogP contribution in [0.1, 0.15) is 37.3 Å². The molecule has 0 bridgehead atoms. The number of halogens is 1.